The minimum atomic E-state index is 0.123. The summed E-state index contributed by atoms with van der Waals surface area (Å²) in [5, 5.41) is 9.63. The summed E-state index contributed by atoms with van der Waals surface area (Å²) in [4.78, 5) is 16.7. The first kappa shape index (κ1) is 17.5. The molecular weight excluding hydrogens is 368 g/mol. The summed E-state index contributed by atoms with van der Waals surface area (Å²) in [6.45, 7) is 3.58. The minimum Gasteiger partial charge on any atom is -0.338 e. The van der Waals surface area contributed by atoms with E-state index in [9.17, 15) is 4.79 Å². The van der Waals surface area contributed by atoms with E-state index < -0.39 is 0 Å². The molecule has 0 aliphatic carbocycles. The topological polar surface area (TPSA) is 50.2 Å². The predicted molar refractivity (Wildman–Crippen MR) is 107 cm³/mol. The van der Waals surface area contributed by atoms with Crippen LogP contribution >= 0.6 is 22.9 Å². The monoisotopic (exact) mass is 388 g/mol. The number of benzene rings is 1. The molecule has 3 heterocycles. The Hall–Kier alpha value is -1.89. The third-order valence-electron chi connectivity index (χ3n) is 5.00. The SMILES string of the molecule is CNC1CCN(C(=O)c2cc3c(C)nn(-c4cccc(Cl)c4)c3s2)CC1. The minimum absolute atomic E-state index is 0.123. The summed E-state index contributed by atoms with van der Waals surface area (Å²) in [6, 6.07) is 10.1. The molecule has 5 nitrogen and oxygen atoms in total. The summed E-state index contributed by atoms with van der Waals surface area (Å²) >= 11 is 7.63. The van der Waals surface area contributed by atoms with Crippen molar-refractivity contribution in [2.45, 2.75) is 25.8 Å². The lowest BCUT2D eigenvalue weighted by Gasteiger charge is -2.31. The largest absolute Gasteiger partial charge is 0.338 e. The maximum absolute atomic E-state index is 12.9. The Labute approximate surface area is 161 Å². The molecule has 1 aliphatic heterocycles. The number of likely N-dealkylation sites (tertiary alicyclic amines) is 1. The molecule has 3 aromatic rings. The molecule has 0 spiro atoms. The fourth-order valence-electron chi connectivity index (χ4n) is 3.46. The van der Waals surface area contributed by atoms with Crippen molar-refractivity contribution in [1.82, 2.24) is 20.0 Å². The average Bonchev–Trinajstić information content (AvgIpc) is 3.22. The van der Waals surface area contributed by atoms with Crippen molar-refractivity contribution in [2.75, 3.05) is 20.1 Å². The van der Waals surface area contributed by atoms with Gasteiger partial charge in [0.05, 0.1) is 16.3 Å². The van der Waals surface area contributed by atoms with E-state index in [0.717, 1.165) is 52.4 Å². The third-order valence-corrected chi connectivity index (χ3v) is 6.33. The molecule has 1 aromatic carbocycles. The van der Waals surface area contributed by atoms with Crippen LogP contribution in [0.4, 0.5) is 0 Å². The lowest BCUT2D eigenvalue weighted by molar-refractivity contribution is 0.0712. The zero-order valence-electron chi connectivity index (χ0n) is 14.8. The van der Waals surface area contributed by atoms with E-state index >= 15 is 0 Å². The second-order valence-electron chi connectivity index (χ2n) is 6.66. The Balaban J connectivity index is 1.66. The van der Waals surface area contributed by atoms with Gasteiger partial charge in [0, 0.05) is 29.5 Å². The highest BCUT2D eigenvalue weighted by Crippen LogP contribution is 2.32. The first-order chi connectivity index (χ1) is 12.6. The molecule has 4 rings (SSSR count). The van der Waals surface area contributed by atoms with Crippen molar-refractivity contribution in [3.05, 3.63) is 45.9 Å². The van der Waals surface area contributed by atoms with E-state index in [1.807, 2.05) is 53.9 Å². The van der Waals surface area contributed by atoms with Crippen molar-refractivity contribution in [3.8, 4) is 5.69 Å². The lowest BCUT2D eigenvalue weighted by Crippen LogP contribution is -2.43. The number of aryl methyl sites for hydroxylation is 1. The number of halogens is 1. The number of thiophene rings is 1. The Morgan fingerprint density at radius 2 is 2.08 bits per heavy atom. The summed E-state index contributed by atoms with van der Waals surface area (Å²) in [5.74, 6) is 0.123. The smallest absolute Gasteiger partial charge is 0.264 e. The molecule has 2 aromatic heterocycles. The highest BCUT2D eigenvalue weighted by Gasteiger charge is 2.25. The molecule has 136 valence electrons. The van der Waals surface area contributed by atoms with E-state index in [-0.39, 0.29) is 5.91 Å². The Kier molecular flexibility index (Phi) is 4.73. The molecule has 0 unspecified atom stereocenters. The van der Waals surface area contributed by atoms with Gasteiger partial charge in [0.15, 0.2) is 0 Å². The molecule has 1 amide bonds. The number of rotatable bonds is 3. The van der Waals surface area contributed by atoms with Crippen LogP contribution in [0.2, 0.25) is 5.02 Å². The van der Waals surface area contributed by atoms with Crippen LogP contribution < -0.4 is 5.32 Å². The van der Waals surface area contributed by atoms with Gasteiger partial charge >= 0.3 is 0 Å². The number of hydrogen-bond donors (Lipinski definition) is 1. The molecule has 1 saturated heterocycles. The van der Waals surface area contributed by atoms with Crippen molar-refractivity contribution in [1.29, 1.82) is 0 Å². The standard InChI is InChI=1S/C19H21ClN4OS/c1-12-16-11-17(18(25)23-8-6-14(21-2)7-9-23)26-19(16)24(22-12)15-5-3-4-13(20)10-15/h3-5,10-11,14,21H,6-9H2,1-2H3. The predicted octanol–water partition coefficient (Wildman–Crippen LogP) is 3.87. The van der Waals surface area contributed by atoms with Crippen molar-refractivity contribution < 1.29 is 4.79 Å². The summed E-state index contributed by atoms with van der Waals surface area (Å²) in [5.41, 5.74) is 1.83. The lowest BCUT2D eigenvalue weighted by atomic mass is 10.1. The first-order valence-electron chi connectivity index (χ1n) is 8.78. The summed E-state index contributed by atoms with van der Waals surface area (Å²) in [6.07, 6.45) is 2.00. The van der Waals surface area contributed by atoms with Gasteiger partial charge in [-0.15, -0.1) is 11.3 Å². The summed E-state index contributed by atoms with van der Waals surface area (Å²) < 4.78 is 1.88. The van der Waals surface area contributed by atoms with E-state index in [0.29, 0.717) is 11.1 Å². The van der Waals surface area contributed by atoms with Crippen LogP contribution in [0.5, 0.6) is 0 Å². The quantitative estimate of drug-likeness (QED) is 0.740. The second-order valence-corrected chi connectivity index (χ2v) is 8.13. The van der Waals surface area contributed by atoms with Crippen molar-refractivity contribution in [2.24, 2.45) is 0 Å². The van der Waals surface area contributed by atoms with Gasteiger partial charge in [-0.3, -0.25) is 4.79 Å². The number of carbonyl (C=O) groups excluding carboxylic acids is 1. The summed E-state index contributed by atoms with van der Waals surface area (Å²) in [7, 11) is 1.98. The fraction of sp³-hybridized carbons (Fsp3) is 0.368. The van der Waals surface area contributed by atoms with Gasteiger partial charge in [0.2, 0.25) is 0 Å². The number of nitrogens with zero attached hydrogens (tertiary/aromatic N) is 3. The van der Waals surface area contributed by atoms with Crippen LogP contribution in [-0.4, -0.2) is 46.8 Å². The first-order valence-corrected chi connectivity index (χ1v) is 9.98. The molecule has 1 fully saturated rings. The van der Waals surface area contributed by atoms with Gasteiger partial charge in [-0.25, -0.2) is 4.68 Å². The highest BCUT2D eigenvalue weighted by atomic mass is 35.5. The maximum atomic E-state index is 12.9. The molecular formula is C19H21ClN4OS. The molecule has 0 atom stereocenters. The Bertz CT molecular complexity index is 956. The van der Waals surface area contributed by atoms with E-state index in [4.69, 9.17) is 11.6 Å². The van der Waals surface area contributed by atoms with Crippen LogP contribution in [0.25, 0.3) is 15.9 Å². The fourth-order valence-corrected chi connectivity index (χ4v) is 4.80. The van der Waals surface area contributed by atoms with Crippen LogP contribution in [0.1, 0.15) is 28.2 Å². The molecule has 1 N–H and O–H groups in total. The number of piperidine rings is 1. The Morgan fingerprint density at radius 1 is 1.31 bits per heavy atom. The molecule has 7 heteroatoms. The van der Waals surface area contributed by atoms with Gasteiger partial charge in [-0.05, 0) is 51.1 Å². The van der Waals surface area contributed by atoms with Crippen LogP contribution in [0, 0.1) is 6.92 Å². The Morgan fingerprint density at radius 3 is 2.77 bits per heavy atom. The van der Waals surface area contributed by atoms with Crippen LogP contribution in [0.3, 0.4) is 0 Å². The number of aromatic nitrogens is 2. The highest BCUT2D eigenvalue weighted by molar-refractivity contribution is 7.20. The van der Waals surface area contributed by atoms with Crippen molar-refractivity contribution in [3.63, 3.8) is 0 Å². The van der Waals surface area contributed by atoms with Crippen LogP contribution in [-0.2, 0) is 0 Å². The number of fused-ring (bicyclic) bond motifs is 1. The molecule has 1 aliphatic rings. The molecule has 0 radical (unpaired) electrons. The zero-order chi connectivity index (χ0) is 18.3. The number of amides is 1. The number of hydrogen-bond acceptors (Lipinski definition) is 4. The number of nitrogens with one attached hydrogen (secondary N) is 1. The average molecular weight is 389 g/mol. The van der Waals surface area contributed by atoms with Gasteiger partial charge in [-0.1, -0.05) is 17.7 Å². The van der Waals surface area contributed by atoms with Gasteiger partial charge in [0.1, 0.15) is 4.83 Å². The van der Waals surface area contributed by atoms with Crippen molar-refractivity contribution >= 4 is 39.1 Å². The molecule has 0 saturated carbocycles. The number of carbonyl (C=O) groups is 1. The molecule has 26 heavy (non-hydrogen) atoms. The van der Waals surface area contributed by atoms with Gasteiger partial charge < -0.3 is 10.2 Å². The normalized spacial score (nSPS) is 15.7. The zero-order valence-corrected chi connectivity index (χ0v) is 16.4. The van der Waals surface area contributed by atoms with Gasteiger partial charge in [-0.2, -0.15) is 5.10 Å². The van der Waals surface area contributed by atoms with E-state index in [1.165, 1.54) is 11.3 Å². The van der Waals surface area contributed by atoms with Gasteiger partial charge in [0.25, 0.3) is 5.91 Å². The van der Waals surface area contributed by atoms with Crippen LogP contribution in [0.15, 0.2) is 30.3 Å². The second kappa shape index (κ2) is 7.02. The van der Waals surface area contributed by atoms with E-state index in [1.54, 1.807) is 0 Å². The maximum Gasteiger partial charge on any atom is 0.264 e. The third kappa shape index (κ3) is 3.13. The van der Waals surface area contributed by atoms with E-state index in [2.05, 4.69) is 10.4 Å². The molecule has 0 bridgehead atoms.